The number of carbonyl (C=O) groups excluding carboxylic acids is 1. The van der Waals surface area contributed by atoms with Gasteiger partial charge >= 0.3 is 0 Å². The summed E-state index contributed by atoms with van der Waals surface area (Å²) in [5.41, 5.74) is 1.13. The molecule has 1 saturated heterocycles. The van der Waals surface area contributed by atoms with Crippen LogP contribution in [0.15, 0.2) is 48.7 Å². The van der Waals surface area contributed by atoms with E-state index in [1.54, 1.807) is 6.07 Å². The van der Waals surface area contributed by atoms with Gasteiger partial charge in [0.25, 0.3) is 5.91 Å². The first-order valence-electron chi connectivity index (χ1n) is 7.97. The highest BCUT2D eigenvalue weighted by Gasteiger charge is 2.42. The largest absolute Gasteiger partial charge is 0.467 e. The number of fused-ring (bicyclic) bond motifs is 1. The number of carbonyl (C=O) groups is 1. The lowest BCUT2D eigenvalue weighted by atomic mass is 9.97. The number of amides is 1. The van der Waals surface area contributed by atoms with Gasteiger partial charge in [-0.25, -0.2) is 0 Å². The number of para-hydroxylation sites is 1. The van der Waals surface area contributed by atoms with Crippen molar-refractivity contribution in [1.82, 2.24) is 15.2 Å². The van der Waals surface area contributed by atoms with Crippen molar-refractivity contribution in [2.24, 2.45) is 0 Å². The number of likely N-dealkylation sites (tertiary alicyclic amines) is 1. The van der Waals surface area contributed by atoms with Gasteiger partial charge in [0.05, 0.1) is 11.3 Å². The Balaban J connectivity index is 1.44. The summed E-state index contributed by atoms with van der Waals surface area (Å²) in [5, 5.41) is 3.07. The number of hydrogen-bond acceptors (Lipinski definition) is 4. The van der Waals surface area contributed by atoms with Crippen LogP contribution in [-0.4, -0.2) is 34.6 Å². The van der Waals surface area contributed by atoms with Gasteiger partial charge in [0.15, 0.2) is 5.72 Å². The lowest BCUT2D eigenvalue weighted by Gasteiger charge is -2.44. The maximum absolute atomic E-state index is 12.3. The predicted octanol–water partition coefficient (Wildman–Crippen LogP) is 2.20. The summed E-state index contributed by atoms with van der Waals surface area (Å²) < 4.78 is 6.16. The second kappa shape index (κ2) is 5.66. The van der Waals surface area contributed by atoms with E-state index in [0.29, 0.717) is 11.3 Å². The highest BCUT2D eigenvalue weighted by Crippen LogP contribution is 2.33. The zero-order valence-electron chi connectivity index (χ0n) is 12.9. The smallest absolute Gasteiger partial charge is 0.258 e. The normalized spacial score (nSPS) is 19.7. The number of benzene rings is 1. The molecular formula is C18H19N3O2. The van der Waals surface area contributed by atoms with Crippen LogP contribution in [0.3, 0.4) is 0 Å². The van der Waals surface area contributed by atoms with Gasteiger partial charge in [0.2, 0.25) is 0 Å². The van der Waals surface area contributed by atoms with E-state index >= 15 is 0 Å². The first-order valence-corrected chi connectivity index (χ1v) is 7.97. The number of pyridine rings is 1. The van der Waals surface area contributed by atoms with E-state index in [0.717, 1.165) is 38.2 Å². The topological polar surface area (TPSA) is 54.5 Å². The molecule has 2 aliphatic rings. The monoisotopic (exact) mass is 309 g/mol. The van der Waals surface area contributed by atoms with E-state index in [1.807, 2.05) is 42.6 Å². The van der Waals surface area contributed by atoms with Gasteiger partial charge in [-0.3, -0.25) is 14.7 Å². The average Bonchev–Trinajstić information content (AvgIpc) is 2.58. The van der Waals surface area contributed by atoms with Gasteiger partial charge in [-0.15, -0.1) is 0 Å². The van der Waals surface area contributed by atoms with Crippen molar-refractivity contribution in [2.45, 2.75) is 25.1 Å². The predicted molar refractivity (Wildman–Crippen MR) is 86.0 cm³/mol. The standard InChI is InChI=1S/C18H19N3O2/c22-17-15-6-1-2-7-16(15)23-18(20-17)8-11-21(12-9-18)13-14-5-3-4-10-19-14/h1-7,10H,8-9,11-13H2,(H,20,22). The number of nitrogens with one attached hydrogen (secondary N) is 1. The number of aromatic nitrogens is 1. The third kappa shape index (κ3) is 2.80. The van der Waals surface area contributed by atoms with Crippen LogP contribution in [-0.2, 0) is 6.54 Å². The second-order valence-electron chi connectivity index (χ2n) is 6.14. The molecule has 0 atom stereocenters. The molecule has 3 heterocycles. The summed E-state index contributed by atoms with van der Waals surface area (Å²) in [6, 6.07) is 13.4. The minimum Gasteiger partial charge on any atom is -0.467 e. The maximum Gasteiger partial charge on any atom is 0.258 e. The third-order valence-corrected chi connectivity index (χ3v) is 4.55. The highest BCUT2D eigenvalue weighted by molar-refractivity contribution is 5.98. The van der Waals surface area contributed by atoms with Crippen LogP contribution in [0.25, 0.3) is 0 Å². The van der Waals surface area contributed by atoms with E-state index < -0.39 is 5.72 Å². The zero-order valence-corrected chi connectivity index (χ0v) is 12.9. The Bertz CT molecular complexity index is 709. The molecule has 0 saturated carbocycles. The van der Waals surface area contributed by atoms with Crippen LogP contribution < -0.4 is 10.1 Å². The van der Waals surface area contributed by atoms with E-state index in [1.165, 1.54) is 0 Å². The van der Waals surface area contributed by atoms with Crippen molar-refractivity contribution >= 4 is 5.91 Å². The van der Waals surface area contributed by atoms with Gasteiger partial charge in [0, 0.05) is 38.7 Å². The first kappa shape index (κ1) is 14.2. The van der Waals surface area contributed by atoms with Gasteiger partial charge in [-0.05, 0) is 24.3 Å². The average molecular weight is 309 g/mol. The Morgan fingerprint density at radius 2 is 1.91 bits per heavy atom. The van der Waals surface area contributed by atoms with Crippen molar-refractivity contribution in [3.8, 4) is 5.75 Å². The summed E-state index contributed by atoms with van der Waals surface area (Å²) in [7, 11) is 0. The van der Waals surface area contributed by atoms with E-state index in [9.17, 15) is 4.79 Å². The molecular weight excluding hydrogens is 290 g/mol. The molecule has 0 aliphatic carbocycles. The summed E-state index contributed by atoms with van der Waals surface area (Å²) in [6.07, 6.45) is 3.38. The Morgan fingerprint density at radius 1 is 1.13 bits per heavy atom. The van der Waals surface area contributed by atoms with Gasteiger partial charge in [-0.2, -0.15) is 0 Å². The molecule has 0 radical (unpaired) electrons. The van der Waals surface area contributed by atoms with Crippen LogP contribution >= 0.6 is 0 Å². The Labute approximate surface area is 135 Å². The van der Waals surface area contributed by atoms with E-state index in [4.69, 9.17) is 4.74 Å². The number of rotatable bonds is 2. The molecule has 5 nitrogen and oxygen atoms in total. The molecule has 23 heavy (non-hydrogen) atoms. The molecule has 1 amide bonds. The fourth-order valence-electron chi connectivity index (χ4n) is 3.27. The minimum absolute atomic E-state index is 0.0370. The molecule has 0 bridgehead atoms. The van der Waals surface area contributed by atoms with E-state index in [2.05, 4.69) is 15.2 Å². The van der Waals surface area contributed by atoms with Crippen LogP contribution in [0, 0.1) is 0 Å². The SMILES string of the molecule is O=C1NC2(CCN(Cc3ccccn3)CC2)Oc2ccccc21. The van der Waals surface area contributed by atoms with E-state index in [-0.39, 0.29) is 5.91 Å². The zero-order chi connectivity index (χ0) is 15.7. The quantitative estimate of drug-likeness (QED) is 0.924. The molecule has 1 N–H and O–H groups in total. The first-order chi connectivity index (χ1) is 11.2. The van der Waals surface area contributed by atoms with Crippen LogP contribution in [0.2, 0.25) is 0 Å². The summed E-state index contributed by atoms with van der Waals surface area (Å²) in [6.45, 7) is 2.58. The Morgan fingerprint density at radius 3 is 2.70 bits per heavy atom. The van der Waals surface area contributed by atoms with Crippen molar-refractivity contribution in [1.29, 1.82) is 0 Å². The lowest BCUT2D eigenvalue weighted by Crippen LogP contribution is -2.60. The third-order valence-electron chi connectivity index (χ3n) is 4.55. The number of nitrogens with zero attached hydrogens (tertiary/aromatic N) is 2. The molecule has 2 aliphatic heterocycles. The van der Waals surface area contributed by atoms with Gasteiger partial charge in [-0.1, -0.05) is 18.2 Å². The second-order valence-corrected chi connectivity index (χ2v) is 6.14. The summed E-state index contributed by atoms with van der Waals surface area (Å²) >= 11 is 0. The fourth-order valence-corrected chi connectivity index (χ4v) is 3.27. The van der Waals surface area contributed by atoms with Crippen molar-refractivity contribution < 1.29 is 9.53 Å². The highest BCUT2D eigenvalue weighted by atomic mass is 16.5. The molecule has 1 aromatic carbocycles. The van der Waals surface area contributed by atoms with Crippen molar-refractivity contribution in [2.75, 3.05) is 13.1 Å². The molecule has 1 fully saturated rings. The van der Waals surface area contributed by atoms with Crippen molar-refractivity contribution in [3.05, 3.63) is 59.9 Å². The number of hydrogen-bond donors (Lipinski definition) is 1. The molecule has 4 rings (SSSR count). The molecule has 0 unspecified atom stereocenters. The fraction of sp³-hybridized carbons (Fsp3) is 0.333. The number of ether oxygens (including phenoxy) is 1. The summed E-state index contributed by atoms with van der Waals surface area (Å²) in [4.78, 5) is 19.0. The molecule has 5 heteroatoms. The minimum atomic E-state index is -0.563. The maximum atomic E-state index is 12.3. The molecule has 1 aromatic heterocycles. The van der Waals surface area contributed by atoms with Crippen LogP contribution in [0.5, 0.6) is 5.75 Å². The van der Waals surface area contributed by atoms with Crippen LogP contribution in [0.1, 0.15) is 28.9 Å². The molecule has 2 aromatic rings. The van der Waals surface area contributed by atoms with Crippen molar-refractivity contribution in [3.63, 3.8) is 0 Å². The Hall–Kier alpha value is -2.40. The number of piperidine rings is 1. The summed E-state index contributed by atoms with van der Waals surface area (Å²) in [5.74, 6) is 0.652. The molecule has 118 valence electrons. The lowest BCUT2D eigenvalue weighted by molar-refractivity contribution is -0.0306. The van der Waals surface area contributed by atoms with Gasteiger partial charge < -0.3 is 10.1 Å². The Kier molecular flexibility index (Phi) is 3.50. The van der Waals surface area contributed by atoms with Gasteiger partial charge in [0.1, 0.15) is 5.75 Å². The molecule has 1 spiro atoms. The van der Waals surface area contributed by atoms with Crippen LogP contribution in [0.4, 0.5) is 0 Å².